The van der Waals surface area contributed by atoms with Gasteiger partial charge in [0.15, 0.2) is 5.16 Å². The fourth-order valence-corrected chi connectivity index (χ4v) is 4.43. The normalized spacial score (nSPS) is 15.9. The Hall–Kier alpha value is -2.86. The second kappa shape index (κ2) is 8.02. The Balaban J connectivity index is 1.53. The number of nitrogens with two attached hydrogens (primary N) is 1. The summed E-state index contributed by atoms with van der Waals surface area (Å²) in [7, 11) is 0. The van der Waals surface area contributed by atoms with Crippen LogP contribution in [-0.4, -0.2) is 33.1 Å². The Labute approximate surface area is 169 Å². The van der Waals surface area contributed by atoms with Gasteiger partial charge in [-0.1, -0.05) is 66.4 Å². The SMILES string of the molecule is Cc1cc(N)nc(SCC(=O)N2Cc3ccccc3C(c3ccccc3)C2)n1. The Bertz CT molecular complexity index is 973. The first-order chi connectivity index (χ1) is 13.6. The molecule has 0 saturated carbocycles. The van der Waals surface area contributed by atoms with Gasteiger partial charge < -0.3 is 10.6 Å². The minimum Gasteiger partial charge on any atom is -0.384 e. The van der Waals surface area contributed by atoms with Gasteiger partial charge in [-0.25, -0.2) is 9.97 Å². The highest BCUT2D eigenvalue weighted by molar-refractivity contribution is 7.99. The lowest BCUT2D eigenvalue weighted by molar-refractivity contribution is -0.129. The van der Waals surface area contributed by atoms with E-state index in [-0.39, 0.29) is 11.8 Å². The van der Waals surface area contributed by atoms with Crippen LogP contribution < -0.4 is 5.73 Å². The van der Waals surface area contributed by atoms with Crippen LogP contribution in [0.4, 0.5) is 5.82 Å². The summed E-state index contributed by atoms with van der Waals surface area (Å²) in [5, 5.41) is 0.544. The summed E-state index contributed by atoms with van der Waals surface area (Å²) in [5.41, 5.74) is 10.3. The number of hydrogen-bond acceptors (Lipinski definition) is 5. The number of thioether (sulfide) groups is 1. The molecule has 6 heteroatoms. The van der Waals surface area contributed by atoms with Crippen LogP contribution in [0.2, 0.25) is 0 Å². The van der Waals surface area contributed by atoms with Crippen molar-refractivity contribution in [3.63, 3.8) is 0 Å². The van der Waals surface area contributed by atoms with Gasteiger partial charge in [0.2, 0.25) is 5.91 Å². The van der Waals surface area contributed by atoms with E-state index in [0.29, 0.717) is 29.8 Å². The largest absolute Gasteiger partial charge is 0.384 e. The van der Waals surface area contributed by atoms with Gasteiger partial charge in [0, 0.05) is 30.8 Å². The number of fused-ring (bicyclic) bond motifs is 1. The van der Waals surface area contributed by atoms with E-state index in [9.17, 15) is 4.79 Å². The summed E-state index contributed by atoms with van der Waals surface area (Å²) in [4.78, 5) is 23.4. The maximum absolute atomic E-state index is 12.9. The number of aromatic nitrogens is 2. The third kappa shape index (κ3) is 4.02. The molecule has 2 aromatic carbocycles. The molecule has 1 aliphatic rings. The topological polar surface area (TPSA) is 72.1 Å². The molecule has 3 aromatic rings. The Kier molecular flexibility index (Phi) is 5.30. The van der Waals surface area contributed by atoms with Crippen molar-refractivity contribution in [2.75, 3.05) is 18.0 Å². The molecule has 2 N–H and O–H groups in total. The number of anilines is 1. The fourth-order valence-electron chi connectivity index (χ4n) is 3.61. The average molecular weight is 391 g/mol. The van der Waals surface area contributed by atoms with Gasteiger partial charge in [-0.3, -0.25) is 4.79 Å². The minimum atomic E-state index is 0.0871. The number of nitrogens with zero attached hydrogens (tertiary/aromatic N) is 3. The molecule has 1 aliphatic heterocycles. The average Bonchev–Trinajstić information content (AvgIpc) is 2.71. The number of carbonyl (C=O) groups is 1. The number of nitrogen functional groups attached to an aromatic ring is 1. The van der Waals surface area contributed by atoms with Crippen LogP contribution in [0.3, 0.4) is 0 Å². The van der Waals surface area contributed by atoms with Crippen LogP contribution in [0.1, 0.15) is 28.3 Å². The van der Waals surface area contributed by atoms with E-state index in [4.69, 9.17) is 5.73 Å². The zero-order chi connectivity index (χ0) is 19.5. The Morgan fingerprint density at radius 1 is 1.14 bits per heavy atom. The second-order valence-electron chi connectivity index (χ2n) is 6.94. The van der Waals surface area contributed by atoms with E-state index < -0.39 is 0 Å². The minimum absolute atomic E-state index is 0.0871. The summed E-state index contributed by atoms with van der Waals surface area (Å²) in [6.45, 7) is 3.18. The van der Waals surface area contributed by atoms with Crippen LogP contribution in [0, 0.1) is 6.92 Å². The highest BCUT2D eigenvalue weighted by Crippen LogP contribution is 2.33. The van der Waals surface area contributed by atoms with Gasteiger partial charge in [-0.15, -0.1) is 0 Å². The van der Waals surface area contributed by atoms with Crippen LogP contribution in [0.25, 0.3) is 0 Å². The monoisotopic (exact) mass is 390 g/mol. The highest BCUT2D eigenvalue weighted by Gasteiger charge is 2.28. The zero-order valence-electron chi connectivity index (χ0n) is 15.7. The summed E-state index contributed by atoms with van der Waals surface area (Å²) < 4.78 is 0. The Morgan fingerprint density at radius 2 is 1.89 bits per heavy atom. The van der Waals surface area contributed by atoms with Crippen LogP contribution in [0.15, 0.2) is 65.8 Å². The van der Waals surface area contributed by atoms with Crippen LogP contribution in [0.5, 0.6) is 0 Å². The molecular weight excluding hydrogens is 368 g/mol. The maximum Gasteiger partial charge on any atom is 0.233 e. The van der Waals surface area contributed by atoms with E-state index in [1.807, 2.05) is 36.1 Å². The third-order valence-corrected chi connectivity index (χ3v) is 5.76. The van der Waals surface area contributed by atoms with E-state index in [2.05, 4.69) is 40.3 Å². The van der Waals surface area contributed by atoms with E-state index in [1.54, 1.807) is 6.07 Å². The highest BCUT2D eigenvalue weighted by atomic mass is 32.2. The summed E-state index contributed by atoms with van der Waals surface area (Å²) in [6.07, 6.45) is 0. The molecule has 1 aromatic heterocycles. The lowest BCUT2D eigenvalue weighted by Gasteiger charge is -2.35. The predicted molar refractivity (Wildman–Crippen MR) is 112 cm³/mol. The number of aryl methyl sites for hydroxylation is 1. The smallest absolute Gasteiger partial charge is 0.233 e. The lowest BCUT2D eigenvalue weighted by atomic mass is 9.85. The van der Waals surface area contributed by atoms with Crippen molar-refractivity contribution >= 4 is 23.5 Å². The number of hydrogen-bond donors (Lipinski definition) is 1. The van der Waals surface area contributed by atoms with Gasteiger partial charge in [-0.05, 0) is 23.6 Å². The first-order valence-electron chi connectivity index (χ1n) is 9.24. The van der Waals surface area contributed by atoms with Gasteiger partial charge in [0.25, 0.3) is 0 Å². The van der Waals surface area contributed by atoms with Gasteiger partial charge in [-0.2, -0.15) is 0 Å². The third-order valence-electron chi connectivity index (χ3n) is 4.93. The first-order valence-corrected chi connectivity index (χ1v) is 10.2. The number of carbonyl (C=O) groups excluding carboxylic acids is 1. The molecule has 5 nitrogen and oxygen atoms in total. The molecule has 1 unspecified atom stereocenters. The quantitative estimate of drug-likeness (QED) is 0.544. The Morgan fingerprint density at radius 3 is 2.68 bits per heavy atom. The van der Waals surface area contributed by atoms with Crippen molar-refractivity contribution in [1.29, 1.82) is 0 Å². The first kappa shape index (κ1) is 18.5. The molecular formula is C22H22N4OS. The zero-order valence-corrected chi connectivity index (χ0v) is 16.5. The molecule has 1 amide bonds. The molecule has 142 valence electrons. The van der Waals surface area contributed by atoms with Crippen molar-refractivity contribution in [3.8, 4) is 0 Å². The molecule has 28 heavy (non-hydrogen) atoms. The standard InChI is InChI=1S/C22H22N4OS/c1-15-11-20(23)25-22(24-15)28-14-21(27)26-12-17-9-5-6-10-18(17)19(13-26)16-7-3-2-4-8-16/h2-11,19H,12-14H2,1H3,(H2,23,24,25). The number of rotatable bonds is 4. The second-order valence-corrected chi connectivity index (χ2v) is 7.88. The van der Waals surface area contributed by atoms with Crippen molar-refractivity contribution < 1.29 is 4.79 Å². The maximum atomic E-state index is 12.9. The molecule has 0 radical (unpaired) electrons. The fraction of sp³-hybridized carbons (Fsp3) is 0.227. The molecule has 0 aliphatic carbocycles. The van der Waals surface area contributed by atoms with E-state index >= 15 is 0 Å². The van der Waals surface area contributed by atoms with E-state index in [1.165, 1.54) is 28.5 Å². The molecule has 0 spiro atoms. The van der Waals surface area contributed by atoms with Crippen molar-refractivity contribution in [1.82, 2.24) is 14.9 Å². The molecule has 1 atom stereocenters. The van der Waals surface area contributed by atoms with Gasteiger partial charge in [0.05, 0.1) is 5.75 Å². The van der Waals surface area contributed by atoms with Crippen LogP contribution in [-0.2, 0) is 11.3 Å². The van der Waals surface area contributed by atoms with Crippen molar-refractivity contribution in [2.45, 2.75) is 24.5 Å². The number of benzene rings is 2. The molecule has 0 fully saturated rings. The van der Waals surface area contributed by atoms with Crippen molar-refractivity contribution in [3.05, 3.63) is 83.0 Å². The van der Waals surface area contributed by atoms with Gasteiger partial charge >= 0.3 is 0 Å². The van der Waals surface area contributed by atoms with Gasteiger partial charge in [0.1, 0.15) is 5.82 Å². The summed E-state index contributed by atoms with van der Waals surface area (Å²) in [5.74, 6) is 1.00. The lowest BCUT2D eigenvalue weighted by Crippen LogP contribution is -2.39. The van der Waals surface area contributed by atoms with Crippen molar-refractivity contribution in [2.24, 2.45) is 0 Å². The summed E-state index contributed by atoms with van der Waals surface area (Å²) >= 11 is 1.34. The molecule has 4 rings (SSSR count). The molecule has 2 heterocycles. The summed E-state index contributed by atoms with van der Waals surface area (Å²) in [6, 6.07) is 20.5. The predicted octanol–water partition coefficient (Wildman–Crippen LogP) is 3.63. The molecule has 0 saturated heterocycles. The van der Waals surface area contributed by atoms with Crippen LogP contribution >= 0.6 is 11.8 Å². The van der Waals surface area contributed by atoms with E-state index in [0.717, 1.165) is 5.69 Å². The number of amides is 1. The molecule has 0 bridgehead atoms.